The van der Waals surface area contributed by atoms with Crippen LogP contribution in [0.4, 0.5) is 26.7 Å². The Labute approximate surface area is 271 Å². The summed E-state index contributed by atoms with van der Waals surface area (Å²) >= 11 is 0.942. The number of aromatic nitrogens is 2. The molecule has 47 heavy (non-hydrogen) atoms. The third kappa shape index (κ3) is 6.98. The zero-order valence-electron chi connectivity index (χ0n) is 26.0. The van der Waals surface area contributed by atoms with Crippen LogP contribution < -0.4 is 8.92 Å². The number of amides is 1. The first kappa shape index (κ1) is 34.3. The van der Waals surface area contributed by atoms with Crippen LogP contribution in [0.5, 0.6) is 11.6 Å². The second-order valence-corrected chi connectivity index (χ2v) is 14.7. The molecular weight excluding hydrogens is 669 g/mol. The van der Waals surface area contributed by atoms with Crippen molar-refractivity contribution in [2.45, 2.75) is 77.8 Å². The van der Waals surface area contributed by atoms with Gasteiger partial charge in [0.15, 0.2) is 0 Å². The highest BCUT2D eigenvalue weighted by Crippen LogP contribution is 2.48. The highest BCUT2D eigenvalue weighted by atomic mass is 32.2. The fourth-order valence-corrected chi connectivity index (χ4v) is 6.44. The lowest BCUT2D eigenvalue weighted by Gasteiger charge is -2.35. The van der Waals surface area contributed by atoms with E-state index in [2.05, 4.69) is 14.2 Å². The largest absolute Gasteiger partial charge is 0.534 e. The van der Waals surface area contributed by atoms with Gasteiger partial charge in [0.05, 0.1) is 29.3 Å². The number of thiophene rings is 1. The zero-order valence-corrected chi connectivity index (χ0v) is 27.7. The van der Waals surface area contributed by atoms with Crippen molar-refractivity contribution in [3.63, 3.8) is 0 Å². The first-order chi connectivity index (χ1) is 21.8. The third-order valence-corrected chi connectivity index (χ3v) is 8.88. The van der Waals surface area contributed by atoms with Crippen LogP contribution in [-0.2, 0) is 27.8 Å². The van der Waals surface area contributed by atoms with Crippen LogP contribution in [0.3, 0.4) is 0 Å². The smallest absolute Gasteiger partial charge is 0.490 e. The van der Waals surface area contributed by atoms with E-state index in [1.807, 2.05) is 6.92 Å². The second kappa shape index (κ2) is 12.2. The summed E-state index contributed by atoms with van der Waals surface area (Å²) in [6.07, 6.45) is 0.579. The fraction of sp³-hybridized carbons (Fsp3) is 0.387. The molecule has 0 radical (unpaired) electrons. The van der Waals surface area contributed by atoms with Gasteiger partial charge in [0.2, 0.25) is 5.88 Å². The summed E-state index contributed by atoms with van der Waals surface area (Å²) in [5.74, 6) is -3.14. The summed E-state index contributed by atoms with van der Waals surface area (Å²) in [4.78, 5) is 23.3. The molecule has 0 fully saturated rings. The molecule has 5 rings (SSSR count). The van der Waals surface area contributed by atoms with Gasteiger partial charge in [-0.3, -0.25) is 4.98 Å². The van der Waals surface area contributed by atoms with Gasteiger partial charge in [-0.05, 0) is 64.6 Å². The highest BCUT2D eigenvalue weighted by Gasteiger charge is 2.49. The molecule has 4 aromatic rings. The topological polar surface area (TPSA) is 108 Å². The van der Waals surface area contributed by atoms with Crippen molar-refractivity contribution >= 4 is 37.6 Å². The number of carbonyl (C=O) groups excluding carboxylic acids is 1. The molecule has 16 heteroatoms. The van der Waals surface area contributed by atoms with Crippen molar-refractivity contribution in [2.75, 3.05) is 0 Å². The van der Waals surface area contributed by atoms with Crippen molar-refractivity contribution in [1.82, 2.24) is 14.9 Å². The number of pyridine rings is 2. The van der Waals surface area contributed by atoms with Crippen LogP contribution in [0.25, 0.3) is 32.5 Å². The first-order valence-corrected chi connectivity index (χ1v) is 16.6. The molecule has 0 aliphatic carbocycles. The van der Waals surface area contributed by atoms with Gasteiger partial charge in [-0.2, -0.15) is 21.6 Å². The van der Waals surface area contributed by atoms with Gasteiger partial charge < -0.3 is 18.6 Å². The lowest BCUT2D eigenvalue weighted by molar-refractivity contribution is -0.0500. The van der Waals surface area contributed by atoms with Crippen LogP contribution in [0.1, 0.15) is 52.8 Å². The Morgan fingerprint density at radius 2 is 1.81 bits per heavy atom. The number of benzene rings is 1. The number of nitrogens with zero attached hydrogens (tertiary/aromatic N) is 3. The maximum absolute atomic E-state index is 15.8. The predicted octanol–water partition coefficient (Wildman–Crippen LogP) is 8.00. The molecule has 1 aromatic carbocycles. The van der Waals surface area contributed by atoms with Gasteiger partial charge in [-0.25, -0.2) is 18.6 Å². The van der Waals surface area contributed by atoms with E-state index in [1.165, 1.54) is 22.5 Å². The fourth-order valence-electron chi connectivity index (χ4n) is 5.07. The maximum atomic E-state index is 15.8. The molecule has 3 aromatic heterocycles. The minimum absolute atomic E-state index is 0.0187. The SMILES string of the molecule is CC(C)Oc1cc(F)cc(F)c1-c1c(-c2cnc3c(c2)CN(C(=O)OC(C)(C)C)[C@H](C)C3)nc(OS(=O)(=O)C(F)(F)F)c2ccsc12. The van der Waals surface area contributed by atoms with Crippen molar-refractivity contribution in [3.8, 4) is 34.0 Å². The van der Waals surface area contributed by atoms with Crippen LogP contribution in [0, 0.1) is 11.6 Å². The molecule has 0 spiro atoms. The maximum Gasteiger partial charge on any atom is 0.534 e. The molecule has 0 saturated carbocycles. The quantitative estimate of drug-likeness (QED) is 0.113. The third-order valence-electron chi connectivity index (χ3n) is 7.00. The average Bonchev–Trinajstić information content (AvgIpc) is 3.41. The normalized spacial score (nSPS) is 15.6. The molecule has 1 aliphatic rings. The standard InChI is InChI=1S/C31H30F5N3O6S2/c1-15(2)43-23-12-19(32)11-21(33)24(23)25-26(38-28(20-7-8-46-27(20)25)45-47(41,42)31(34,35)36)17-10-18-14-39(29(40)44-30(4,5)6)16(3)9-22(18)37-13-17/h7-8,10-13,15-16H,9,14H2,1-6H3/t16-/m1/s1. The van der Waals surface area contributed by atoms with Crippen molar-refractivity contribution in [3.05, 3.63) is 58.7 Å². The summed E-state index contributed by atoms with van der Waals surface area (Å²) in [5.41, 5.74) is -5.76. The Bertz CT molecular complexity index is 1970. The Balaban J connectivity index is 1.77. The molecule has 4 heterocycles. The van der Waals surface area contributed by atoms with Crippen molar-refractivity contribution in [2.24, 2.45) is 0 Å². The zero-order chi connectivity index (χ0) is 34.6. The van der Waals surface area contributed by atoms with E-state index in [-0.39, 0.29) is 50.8 Å². The minimum atomic E-state index is -6.17. The number of fused-ring (bicyclic) bond motifs is 2. The van der Waals surface area contributed by atoms with E-state index in [9.17, 15) is 30.8 Å². The molecule has 1 aliphatic heterocycles. The number of hydrogen-bond acceptors (Lipinski definition) is 9. The van der Waals surface area contributed by atoms with Gasteiger partial charge in [0.1, 0.15) is 23.0 Å². The summed E-state index contributed by atoms with van der Waals surface area (Å²) in [5, 5.41) is 1.26. The predicted molar refractivity (Wildman–Crippen MR) is 165 cm³/mol. The summed E-state index contributed by atoms with van der Waals surface area (Å²) < 4.78 is 111. The van der Waals surface area contributed by atoms with E-state index < -0.39 is 50.9 Å². The highest BCUT2D eigenvalue weighted by molar-refractivity contribution is 7.88. The number of carbonyl (C=O) groups is 1. The number of ether oxygens (including phenoxy) is 2. The molecule has 1 amide bonds. The van der Waals surface area contributed by atoms with Gasteiger partial charge >= 0.3 is 21.7 Å². The van der Waals surface area contributed by atoms with E-state index >= 15 is 4.39 Å². The molecular formula is C31H30F5N3O6S2. The number of hydrogen-bond donors (Lipinski definition) is 0. The van der Waals surface area contributed by atoms with Gasteiger partial charge in [-0.15, -0.1) is 11.3 Å². The van der Waals surface area contributed by atoms with Gasteiger partial charge in [-0.1, -0.05) is 0 Å². The van der Waals surface area contributed by atoms with E-state index in [4.69, 9.17) is 9.47 Å². The Kier molecular flexibility index (Phi) is 8.90. The lowest BCUT2D eigenvalue weighted by Crippen LogP contribution is -2.45. The van der Waals surface area contributed by atoms with E-state index in [0.29, 0.717) is 23.7 Å². The number of halogens is 5. The van der Waals surface area contributed by atoms with Crippen molar-refractivity contribution in [1.29, 1.82) is 0 Å². The Morgan fingerprint density at radius 1 is 1.11 bits per heavy atom. The average molecular weight is 700 g/mol. The molecule has 1 atom stereocenters. The number of rotatable bonds is 6. The molecule has 0 bridgehead atoms. The molecule has 0 saturated heterocycles. The number of alkyl halides is 3. The van der Waals surface area contributed by atoms with E-state index in [1.54, 1.807) is 40.7 Å². The summed E-state index contributed by atoms with van der Waals surface area (Å²) in [6.45, 7) is 10.3. The minimum Gasteiger partial charge on any atom is -0.490 e. The first-order valence-electron chi connectivity index (χ1n) is 14.3. The molecule has 0 N–H and O–H groups in total. The molecule has 0 unspecified atom stereocenters. The van der Waals surface area contributed by atoms with Crippen LogP contribution in [0.2, 0.25) is 0 Å². The van der Waals surface area contributed by atoms with Crippen LogP contribution >= 0.6 is 11.3 Å². The Morgan fingerprint density at radius 3 is 2.45 bits per heavy atom. The van der Waals surface area contributed by atoms with Crippen molar-refractivity contribution < 1.29 is 48.8 Å². The second-order valence-electron chi connectivity index (χ2n) is 12.2. The summed E-state index contributed by atoms with van der Waals surface area (Å²) in [7, 11) is -6.17. The Hall–Kier alpha value is -4.05. The van der Waals surface area contributed by atoms with Gasteiger partial charge in [0.25, 0.3) is 0 Å². The van der Waals surface area contributed by atoms with Crippen LogP contribution in [0.15, 0.2) is 35.8 Å². The molecule has 252 valence electrons. The molecule has 9 nitrogen and oxygen atoms in total. The summed E-state index contributed by atoms with van der Waals surface area (Å²) in [6, 6.07) is 4.14. The monoisotopic (exact) mass is 699 g/mol. The lowest BCUT2D eigenvalue weighted by atomic mass is 9.94. The van der Waals surface area contributed by atoms with E-state index in [0.717, 1.165) is 17.4 Å². The van der Waals surface area contributed by atoms with Crippen LogP contribution in [-0.4, -0.2) is 52.6 Å². The van der Waals surface area contributed by atoms with Gasteiger partial charge in [0, 0.05) is 52.3 Å².